The number of hydrogen-bond acceptors (Lipinski definition) is 10. The first kappa shape index (κ1) is 32.8. The van der Waals surface area contributed by atoms with Crippen LogP contribution in [0, 0.1) is 0 Å². The van der Waals surface area contributed by atoms with Crippen molar-refractivity contribution in [2.24, 2.45) is 0 Å². The molecule has 10 nitrogen and oxygen atoms in total. The van der Waals surface area contributed by atoms with Crippen molar-refractivity contribution >= 4 is 21.8 Å². The highest BCUT2D eigenvalue weighted by molar-refractivity contribution is 5.92. The number of phenols is 2. The Labute approximate surface area is 289 Å². The van der Waals surface area contributed by atoms with E-state index in [1.807, 2.05) is 12.1 Å². The zero-order valence-corrected chi connectivity index (χ0v) is 28.6. The van der Waals surface area contributed by atoms with Gasteiger partial charge in [-0.25, -0.2) is 0 Å². The Balaban J connectivity index is 1.03. The Morgan fingerprint density at radius 1 is 0.571 bits per heavy atom. The molecule has 10 heteroatoms. The molecule has 4 aromatic rings. The zero-order chi connectivity index (χ0) is 33.2. The predicted octanol–water partition coefficient (Wildman–Crippen LogP) is 4.38. The number of fused-ring (bicyclic) bond motifs is 2. The molecule has 0 spiro atoms. The standard InChI is InChI=1S/C39H50N6O4/c46-38-30(26-42-11-5-32(6-12-42)44-15-19-48-20-16-44)24-28(34-3-1-9-40-36(34)38)23-29-25-31(39(47)37-35(29)4-2-10-41-37)27-43-13-7-33(8-14-43)45-17-21-49-22-18-45/h1-4,9-10,24-25,32-33,46-47H,5-8,11-23,26-27H2. The lowest BCUT2D eigenvalue weighted by atomic mass is 9.93. The third-order valence-corrected chi connectivity index (χ3v) is 11.5. The molecule has 0 bridgehead atoms. The summed E-state index contributed by atoms with van der Waals surface area (Å²) in [5, 5.41) is 24.9. The van der Waals surface area contributed by atoms with E-state index in [0.29, 0.717) is 42.6 Å². The number of ether oxygens (including phenoxy) is 2. The quantitative estimate of drug-likeness (QED) is 0.282. The number of nitrogens with zero attached hydrogens (tertiary/aromatic N) is 6. The largest absolute Gasteiger partial charge is 0.505 e. The van der Waals surface area contributed by atoms with Crippen LogP contribution in [0.4, 0.5) is 0 Å². The van der Waals surface area contributed by atoms with Gasteiger partial charge in [0.2, 0.25) is 0 Å². The van der Waals surface area contributed by atoms with Crippen molar-refractivity contribution in [2.45, 2.75) is 57.3 Å². The molecule has 4 aliphatic heterocycles. The van der Waals surface area contributed by atoms with E-state index in [9.17, 15) is 10.2 Å². The number of pyridine rings is 2. The lowest BCUT2D eigenvalue weighted by molar-refractivity contribution is 0.000170. The molecule has 4 saturated heterocycles. The van der Waals surface area contributed by atoms with Crippen LogP contribution in [0.15, 0.2) is 48.8 Å². The van der Waals surface area contributed by atoms with Gasteiger partial charge >= 0.3 is 0 Å². The molecule has 2 N–H and O–H groups in total. The van der Waals surface area contributed by atoms with E-state index in [0.717, 1.165) is 137 Å². The van der Waals surface area contributed by atoms with Crippen LogP contribution in [0.25, 0.3) is 21.8 Å². The van der Waals surface area contributed by atoms with Gasteiger partial charge in [0.05, 0.1) is 26.4 Å². The number of aromatic nitrogens is 2. The van der Waals surface area contributed by atoms with Gasteiger partial charge in [-0.15, -0.1) is 0 Å². The number of piperidine rings is 2. The molecule has 6 heterocycles. The summed E-state index contributed by atoms with van der Waals surface area (Å²) in [6.45, 7) is 12.9. The fourth-order valence-electron chi connectivity index (χ4n) is 8.71. The van der Waals surface area contributed by atoms with Gasteiger partial charge in [-0.1, -0.05) is 12.1 Å². The molecular weight excluding hydrogens is 616 g/mol. The highest BCUT2D eigenvalue weighted by Crippen LogP contribution is 2.37. The van der Waals surface area contributed by atoms with E-state index >= 15 is 0 Å². The first-order valence-electron chi connectivity index (χ1n) is 18.4. The Morgan fingerprint density at radius 3 is 1.39 bits per heavy atom. The molecule has 0 saturated carbocycles. The van der Waals surface area contributed by atoms with Crippen LogP contribution in [-0.4, -0.2) is 131 Å². The molecule has 260 valence electrons. The van der Waals surface area contributed by atoms with E-state index in [1.54, 1.807) is 12.4 Å². The van der Waals surface area contributed by atoms with Gasteiger partial charge in [0, 0.05) is 85.6 Å². The number of morpholine rings is 2. The Hall–Kier alpha value is -3.38. The summed E-state index contributed by atoms with van der Waals surface area (Å²) in [7, 11) is 0. The van der Waals surface area contributed by atoms with Crippen LogP contribution in [0.5, 0.6) is 11.5 Å². The molecule has 0 radical (unpaired) electrons. The van der Waals surface area contributed by atoms with Gasteiger partial charge in [0.1, 0.15) is 22.5 Å². The summed E-state index contributed by atoms with van der Waals surface area (Å²) in [5.74, 6) is 0.570. The molecule has 49 heavy (non-hydrogen) atoms. The summed E-state index contributed by atoms with van der Waals surface area (Å²) in [5.41, 5.74) is 5.43. The second-order valence-electron chi connectivity index (χ2n) is 14.4. The lowest BCUT2D eigenvalue weighted by Gasteiger charge is -2.40. The smallest absolute Gasteiger partial charge is 0.146 e. The van der Waals surface area contributed by atoms with Crippen molar-refractivity contribution in [2.75, 3.05) is 78.8 Å². The molecule has 4 fully saturated rings. The highest BCUT2D eigenvalue weighted by Gasteiger charge is 2.28. The maximum absolute atomic E-state index is 11.5. The average molecular weight is 667 g/mol. The Morgan fingerprint density at radius 2 is 0.980 bits per heavy atom. The third kappa shape index (κ3) is 7.13. The number of phenolic OH excluding ortho intramolecular Hbond substituents is 2. The molecule has 4 aliphatic rings. The maximum Gasteiger partial charge on any atom is 0.146 e. The molecule has 0 aliphatic carbocycles. The summed E-state index contributed by atoms with van der Waals surface area (Å²) in [6.07, 6.45) is 8.74. The number of likely N-dealkylation sites (tertiary alicyclic amines) is 2. The minimum Gasteiger partial charge on any atom is -0.505 e. The molecule has 2 aromatic carbocycles. The summed E-state index contributed by atoms with van der Waals surface area (Å²) >= 11 is 0. The van der Waals surface area contributed by atoms with Crippen LogP contribution in [0.1, 0.15) is 47.9 Å². The first-order chi connectivity index (χ1) is 24.1. The predicted molar refractivity (Wildman–Crippen MR) is 191 cm³/mol. The van der Waals surface area contributed by atoms with Gasteiger partial charge in [0.25, 0.3) is 0 Å². The van der Waals surface area contributed by atoms with Crippen molar-refractivity contribution in [3.8, 4) is 11.5 Å². The number of rotatable bonds is 8. The zero-order valence-electron chi connectivity index (χ0n) is 28.6. The molecule has 8 rings (SSSR count). The molecule has 0 atom stereocenters. The van der Waals surface area contributed by atoms with E-state index in [-0.39, 0.29) is 11.5 Å². The van der Waals surface area contributed by atoms with E-state index in [1.165, 1.54) is 0 Å². The fourth-order valence-corrected chi connectivity index (χ4v) is 8.71. The van der Waals surface area contributed by atoms with Crippen LogP contribution >= 0.6 is 0 Å². The summed E-state index contributed by atoms with van der Waals surface area (Å²) in [4.78, 5) is 19.5. The highest BCUT2D eigenvalue weighted by atomic mass is 16.5. The minimum absolute atomic E-state index is 0.285. The third-order valence-electron chi connectivity index (χ3n) is 11.5. The lowest BCUT2D eigenvalue weighted by Crippen LogP contribution is -2.48. The van der Waals surface area contributed by atoms with Gasteiger partial charge in [-0.2, -0.15) is 0 Å². The van der Waals surface area contributed by atoms with Gasteiger partial charge in [-0.3, -0.25) is 29.6 Å². The van der Waals surface area contributed by atoms with E-state index < -0.39 is 0 Å². The van der Waals surface area contributed by atoms with Crippen LogP contribution in [0.2, 0.25) is 0 Å². The van der Waals surface area contributed by atoms with Crippen molar-refractivity contribution in [1.82, 2.24) is 29.6 Å². The Bertz CT molecular complexity index is 1610. The molecular formula is C39H50N6O4. The van der Waals surface area contributed by atoms with Gasteiger partial charge < -0.3 is 19.7 Å². The minimum atomic E-state index is 0.285. The second kappa shape index (κ2) is 14.8. The maximum atomic E-state index is 11.5. The summed E-state index contributed by atoms with van der Waals surface area (Å²) in [6, 6.07) is 13.6. The van der Waals surface area contributed by atoms with Gasteiger partial charge in [-0.05, 0) is 93.7 Å². The number of hydrogen-bond donors (Lipinski definition) is 2. The SMILES string of the molecule is Oc1c(CN2CCC(N3CCOCC3)CC2)cc(Cc2cc(CN3CCC(N4CCOCC4)CC3)c(O)c3ncccc23)c2cccnc12. The molecule has 2 aromatic heterocycles. The monoisotopic (exact) mass is 666 g/mol. The molecule has 0 amide bonds. The molecule has 0 unspecified atom stereocenters. The van der Waals surface area contributed by atoms with Gasteiger partial charge in [0.15, 0.2) is 0 Å². The Kier molecular flexibility index (Phi) is 9.94. The topological polar surface area (TPSA) is 97.7 Å². The normalized spacial score (nSPS) is 21.6. The number of aromatic hydroxyl groups is 2. The van der Waals surface area contributed by atoms with Crippen molar-refractivity contribution < 1.29 is 19.7 Å². The van der Waals surface area contributed by atoms with E-state index in [4.69, 9.17) is 9.47 Å². The first-order valence-corrected chi connectivity index (χ1v) is 18.4. The summed E-state index contributed by atoms with van der Waals surface area (Å²) < 4.78 is 11.2. The van der Waals surface area contributed by atoms with Crippen LogP contribution in [0.3, 0.4) is 0 Å². The van der Waals surface area contributed by atoms with Crippen LogP contribution < -0.4 is 0 Å². The van der Waals surface area contributed by atoms with E-state index in [2.05, 4.69) is 53.8 Å². The average Bonchev–Trinajstić information content (AvgIpc) is 3.16. The van der Waals surface area contributed by atoms with Crippen molar-refractivity contribution in [3.63, 3.8) is 0 Å². The fraction of sp³-hybridized carbons (Fsp3) is 0.538. The number of benzene rings is 2. The van der Waals surface area contributed by atoms with Crippen LogP contribution in [-0.2, 0) is 29.0 Å². The second-order valence-corrected chi connectivity index (χ2v) is 14.4. The van der Waals surface area contributed by atoms with Crippen molar-refractivity contribution in [3.05, 3.63) is 71.0 Å². The van der Waals surface area contributed by atoms with Crippen molar-refractivity contribution in [1.29, 1.82) is 0 Å².